The molecule has 166 valence electrons. The Balaban J connectivity index is 3.18. The van der Waals surface area contributed by atoms with Gasteiger partial charge in [0.2, 0.25) is 0 Å². The predicted octanol–water partition coefficient (Wildman–Crippen LogP) is 8.76. The van der Waals surface area contributed by atoms with Crippen molar-refractivity contribution >= 4 is 6.16 Å². The number of rotatable bonds is 21. The predicted molar refractivity (Wildman–Crippen MR) is 121 cm³/mol. The van der Waals surface area contributed by atoms with E-state index < -0.39 is 6.16 Å². The van der Waals surface area contributed by atoms with Crippen LogP contribution in [0.4, 0.5) is 4.79 Å². The smallest absolute Gasteiger partial charge is 0.434 e. The molecule has 0 radical (unpaired) electrons. The third-order valence-corrected chi connectivity index (χ3v) is 5.09. The summed E-state index contributed by atoms with van der Waals surface area (Å²) in [5.74, 6) is 0. The quantitative estimate of drug-likeness (QED) is 0.110. The van der Waals surface area contributed by atoms with Gasteiger partial charge in [0.15, 0.2) is 0 Å². The lowest BCUT2D eigenvalue weighted by atomic mass is 10.1. The van der Waals surface area contributed by atoms with E-state index in [1.54, 1.807) is 0 Å². The molecule has 0 saturated carbocycles. The molecule has 3 heteroatoms. The summed E-state index contributed by atoms with van der Waals surface area (Å²) >= 11 is 0. The molecule has 0 spiro atoms. The van der Waals surface area contributed by atoms with Crippen LogP contribution in [0.3, 0.4) is 0 Å². The van der Waals surface area contributed by atoms with Crippen molar-refractivity contribution in [3.63, 3.8) is 0 Å². The fourth-order valence-corrected chi connectivity index (χ4v) is 3.22. The second-order valence-electron chi connectivity index (χ2n) is 7.95. The topological polar surface area (TPSA) is 35.5 Å². The van der Waals surface area contributed by atoms with Crippen LogP contribution >= 0.6 is 0 Å². The molecule has 0 aliphatic carbocycles. The number of hydrogen-bond acceptors (Lipinski definition) is 3. The molecule has 0 bridgehead atoms. The van der Waals surface area contributed by atoms with Crippen molar-refractivity contribution in [3.8, 4) is 0 Å². The molecule has 0 aromatic heterocycles. The average molecular weight is 397 g/mol. The van der Waals surface area contributed by atoms with Crippen molar-refractivity contribution in [2.24, 2.45) is 0 Å². The van der Waals surface area contributed by atoms with E-state index in [2.05, 4.69) is 26.0 Å². The van der Waals surface area contributed by atoms with Crippen LogP contribution in [0.25, 0.3) is 0 Å². The van der Waals surface area contributed by atoms with E-state index >= 15 is 0 Å². The summed E-state index contributed by atoms with van der Waals surface area (Å²) in [5.41, 5.74) is 0. The maximum absolute atomic E-state index is 11.5. The lowest BCUT2D eigenvalue weighted by Gasteiger charge is -2.06. The second-order valence-corrected chi connectivity index (χ2v) is 7.95. The number of unbranched alkanes of at least 4 members (excludes halogenated alkanes) is 15. The highest BCUT2D eigenvalue weighted by Gasteiger charge is 2.03. The van der Waals surface area contributed by atoms with Gasteiger partial charge in [0.25, 0.3) is 0 Å². The lowest BCUT2D eigenvalue weighted by molar-refractivity contribution is 0.0529. The number of carbonyl (C=O) groups is 1. The zero-order valence-corrected chi connectivity index (χ0v) is 19.0. The van der Waals surface area contributed by atoms with Crippen molar-refractivity contribution in [1.82, 2.24) is 0 Å². The van der Waals surface area contributed by atoms with Crippen LogP contribution < -0.4 is 0 Å². The van der Waals surface area contributed by atoms with Gasteiger partial charge in [-0.05, 0) is 32.1 Å². The highest BCUT2D eigenvalue weighted by Crippen LogP contribution is 2.10. The summed E-state index contributed by atoms with van der Waals surface area (Å²) in [4.78, 5) is 11.5. The highest BCUT2D eigenvalue weighted by molar-refractivity contribution is 5.59. The highest BCUT2D eigenvalue weighted by atomic mass is 16.7. The number of ether oxygens (including phenoxy) is 2. The van der Waals surface area contributed by atoms with Gasteiger partial charge < -0.3 is 9.47 Å². The average Bonchev–Trinajstić information content (AvgIpc) is 2.70. The molecule has 0 amide bonds. The third kappa shape index (κ3) is 23.0. The Morgan fingerprint density at radius 2 is 0.929 bits per heavy atom. The fourth-order valence-electron chi connectivity index (χ4n) is 3.22. The van der Waals surface area contributed by atoms with Crippen LogP contribution in [0.5, 0.6) is 0 Å². The van der Waals surface area contributed by atoms with Gasteiger partial charge in [-0.2, -0.15) is 0 Å². The van der Waals surface area contributed by atoms with E-state index in [-0.39, 0.29) is 0 Å². The molecule has 0 heterocycles. The van der Waals surface area contributed by atoms with Gasteiger partial charge in [-0.15, -0.1) is 0 Å². The van der Waals surface area contributed by atoms with E-state index in [9.17, 15) is 4.79 Å². The Kier molecular flexibility index (Phi) is 23.2. The fraction of sp³-hybridized carbons (Fsp3) is 0.880. The van der Waals surface area contributed by atoms with Crippen LogP contribution in [0.2, 0.25) is 0 Å². The zero-order valence-electron chi connectivity index (χ0n) is 19.0. The molecule has 0 aliphatic rings. The molecular weight excluding hydrogens is 348 g/mol. The molecule has 3 nitrogen and oxygen atoms in total. The van der Waals surface area contributed by atoms with Gasteiger partial charge in [-0.3, -0.25) is 0 Å². The van der Waals surface area contributed by atoms with Crippen molar-refractivity contribution < 1.29 is 14.3 Å². The minimum atomic E-state index is -0.488. The van der Waals surface area contributed by atoms with Crippen molar-refractivity contribution in [2.75, 3.05) is 13.2 Å². The van der Waals surface area contributed by atoms with Crippen molar-refractivity contribution in [3.05, 3.63) is 12.2 Å². The van der Waals surface area contributed by atoms with E-state index in [1.807, 2.05) is 0 Å². The van der Waals surface area contributed by atoms with Crippen LogP contribution in [0, 0.1) is 0 Å². The van der Waals surface area contributed by atoms with Crippen LogP contribution in [0.15, 0.2) is 12.2 Å². The van der Waals surface area contributed by atoms with E-state index in [0.29, 0.717) is 13.2 Å². The first-order chi connectivity index (χ1) is 13.8. The number of allylic oxidation sites excluding steroid dienone is 2. The minimum absolute atomic E-state index is 0.488. The molecule has 0 aromatic carbocycles. The van der Waals surface area contributed by atoms with E-state index in [4.69, 9.17) is 9.47 Å². The van der Waals surface area contributed by atoms with Crippen molar-refractivity contribution in [2.45, 2.75) is 129 Å². The molecule has 0 fully saturated rings. The maximum Gasteiger partial charge on any atom is 0.508 e. The van der Waals surface area contributed by atoms with E-state index in [1.165, 1.54) is 89.9 Å². The summed E-state index contributed by atoms with van der Waals surface area (Å²) in [5, 5.41) is 0. The van der Waals surface area contributed by atoms with Gasteiger partial charge in [0.1, 0.15) is 0 Å². The molecule has 0 unspecified atom stereocenters. The molecule has 0 N–H and O–H groups in total. The minimum Gasteiger partial charge on any atom is -0.434 e. The van der Waals surface area contributed by atoms with Gasteiger partial charge in [-0.1, -0.05) is 109 Å². The van der Waals surface area contributed by atoms with Crippen molar-refractivity contribution in [1.29, 1.82) is 0 Å². The molecule has 0 rings (SSSR count). The molecule has 0 aromatic rings. The molecule has 28 heavy (non-hydrogen) atoms. The number of carbonyl (C=O) groups excluding carboxylic acids is 1. The lowest BCUT2D eigenvalue weighted by Crippen LogP contribution is -2.09. The first-order valence-electron chi connectivity index (χ1n) is 12.3. The standard InChI is InChI=1S/C25H48O3/c1-3-5-7-9-11-13-14-15-16-18-20-22-24-28-25(26)27-23-21-19-17-12-10-8-6-4-2/h9,11H,3-8,10,12-24H2,1-2H3/b11-9-. The van der Waals surface area contributed by atoms with Gasteiger partial charge >= 0.3 is 6.16 Å². The third-order valence-electron chi connectivity index (χ3n) is 5.09. The summed E-state index contributed by atoms with van der Waals surface area (Å²) in [6.45, 7) is 5.48. The monoisotopic (exact) mass is 396 g/mol. The second kappa shape index (κ2) is 24.0. The Morgan fingerprint density at radius 3 is 1.43 bits per heavy atom. The Labute approximate surface area is 175 Å². The SMILES string of the molecule is CCCC/C=C\CCCCCCCCOC(=O)OCCCCCCCCCC. The summed E-state index contributed by atoms with van der Waals surface area (Å²) in [6.07, 6.45) is 26.4. The summed E-state index contributed by atoms with van der Waals surface area (Å²) < 4.78 is 10.3. The Hall–Kier alpha value is -0.990. The summed E-state index contributed by atoms with van der Waals surface area (Å²) in [6, 6.07) is 0. The normalized spacial score (nSPS) is 11.2. The zero-order chi connectivity index (χ0) is 20.5. The summed E-state index contributed by atoms with van der Waals surface area (Å²) in [7, 11) is 0. The van der Waals surface area contributed by atoms with Gasteiger partial charge in [0, 0.05) is 0 Å². The first kappa shape index (κ1) is 27.0. The van der Waals surface area contributed by atoms with Crippen LogP contribution in [-0.4, -0.2) is 19.4 Å². The maximum atomic E-state index is 11.5. The Morgan fingerprint density at radius 1 is 0.536 bits per heavy atom. The van der Waals surface area contributed by atoms with Gasteiger partial charge in [0.05, 0.1) is 13.2 Å². The molecular formula is C25H48O3. The van der Waals surface area contributed by atoms with E-state index in [0.717, 1.165) is 25.7 Å². The number of hydrogen-bond donors (Lipinski definition) is 0. The largest absolute Gasteiger partial charge is 0.508 e. The Bertz CT molecular complexity index is 339. The van der Waals surface area contributed by atoms with Crippen LogP contribution in [0.1, 0.15) is 129 Å². The molecule has 0 atom stereocenters. The van der Waals surface area contributed by atoms with Gasteiger partial charge in [-0.25, -0.2) is 4.79 Å². The first-order valence-corrected chi connectivity index (χ1v) is 12.3. The van der Waals surface area contributed by atoms with Crippen LogP contribution in [-0.2, 0) is 9.47 Å². The molecule has 0 saturated heterocycles. The molecule has 0 aliphatic heterocycles.